The van der Waals surface area contributed by atoms with Crippen LogP contribution in [0.5, 0.6) is 0 Å². The standard InChI is InChI=1S/C34H58N2O11/c1-4-6-11-47-34(38)9-12-39-14-16-41-18-20-43-22-24-45-26-27-46-25-23-44-21-19-42-17-15-40-13-10-35-33(37)8-7-32-29-31(5-2)28-30(3)36-32/h5,28-29H,2,4,6-27H2,1,3H3,(H,35,37). The molecule has 0 aliphatic rings. The fourth-order valence-electron chi connectivity index (χ4n) is 3.80. The highest BCUT2D eigenvalue weighted by Gasteiger charge is 2.05. The summed E-state index contributed by atoms with van der Waals surface area (Å²) in [5, 5.41) is 2.85. The molecule has 0 aliphatic carbocycles. The van der Waals surface area contributed by atoms with Gasteiger partial charge in [-0.15, -0.1) is 0 Å². The lowest BCUT2D eigenvalue weighted by molar-refractivity contribution is -0.145. The number of nitrogens with zero attached hydrogens (tertiary/aromatic N) is 1. The van der Waals surface area contributed by atoms with Crippen molar-refractivity contribution in [3.05, 3.63) is 35.7 Å². The van der Waals surface area contributed by atoms with Crippen molar-refractivity contribution in [1.82, 2.24) is 10.3 Å². The zero-order valence-corrected chi connectivity index (χ0v) is 28.6. The van der Waals surface area contributed by atoms with Gasteiger partial charge >= 0.3 is 5.97 Å². The quantitative estimate of drug-likeness (QED) is 0.0851. The van der Waals surface area contributed by atoms with Crippen LogP contribution in [0.15, 0.2) is 18.7 Å². The number of esters is 1. The van der Waals surface area contributed by atoms with Gasteiger partial charge in [0.1, 0.15) is 0 Å². The fourth-order valence-corrected chi connectivity index (χ4v) is 3.80. The van der Waals surface area contributed by atoms with Gasteiger partial charge in [0.2, 0.25) is 5.91 Å². The van der Waals surface area contributed by atoms with Gasteiger partial charge in [0, 0.05) is 24.4 Å². The third-order valence-electron chi connectivity index (χ3n) is 6.26. The Kier molecular flexibility index (Phi) is 29.0. The number of carbonyl (C=O) groups excluding carboxylic acids is 2. The summed E-state index contributed by atoms with van der Waals surface area (Å²) in [6, 6.07) is 3.91. The molecule has 0 bridgehead atoms. The molecule has 1 N–H and O–H groups in total. The van der Waals surface area contributed by atoms with Crippen molar-refractivity contribution in [3.8, 4) is 0 Å². The van der Waals surface area contributed by atoms with Crippen molar-refractivity contribution < 1.29 is 52.2 Å². The van der Waals surface area contributed by atoms with Crippen LogP contribution in [0.25, 0.3) is 6.08 Å². The minimum absolute atomic E-state index is 0.0272. The highest BCUT2D eigenvalue weighted by molar-refractivity contribution is 5.76. The summed E-state index contributed by atoms with van der Waals surface area (Å²) in [6.45, 7) is 16.0. The molecule has 1 rings (SSSR count). The van der Waals surface area contributed by atoms with Crippen LogP contribution in [0.4, 0.5) is 0 Å². The fraction of sp³-hybridized carbons (Fsp3) is 0.735. The largest absolute Gasteiger partial charge is 0.466 e. The Balaban J connectivity index is 1.72. The number of pyridine rings is 1. The number of unbranched alkanes of at least 4 members (excludes halogenated alkanes) is 1. The number of carbonyl (C=O) groups is 2. The molecule has 0 aliphatic heterocycles. The molecule has 0 spiro atoms. The van der Waals surface area contributed by atoms with Crippen molar-refractivity contribution in [2.75, 3.05) is 119 Å². The van der Waals surface area contributed by atoms with Crippen LogP contribution < -0.4 is 5.32 Å². The van der Waals surface area contributed by atoms with E-state index in [1.807, 2.05) is 26.0 Å². The van der Waals surface area contributed by atoms with E-state index in [-0.39, 0.29) is 18.3 Å². The van der Waals surface area contributed by atoms with Gasteiger partial charge < -0.3 is 47.9 Å². The third kappa shape index (κ3) is 28.3. The first-order valence-corrected chi connectivity index (χ1v) is 16.7. The molecule has 0 unspecified atom stereocenters. The highest BCUT2D eigenvalue weighted by atomic mass is 16.6. The molecular weight excluding hydrogens is 612 g/mol. The lowest BCUT2D eigenvalue weighted by atomic mass is 10.1. The Hall–Kier alpha value is -2.49. The Morgan fingerprint density at radius 1 is 0.681 bits per heavy atom. The summed E-state index contributed by atoms with van der Waals surface area (Å²) in [7, 11) is 0. The van der Waals surface area contributed by atoms with E-state index < -0.39 is 0 Å². The van der Waals surface area contributed by atoms with Gasteiger partial charge in [-0.1, -0.05) is 26.0 Å². The number of ether oxygens (including phenoxy) is 9. The average Bonchev–Trinajstić information content (AvgIpc) is 3.06. The van der Waals surface area contributed by atoms with Crippen molar-refractivity contribution in [2.45, 2.75) is 46.0 Å². The second-order valence-electron chi connectivity index (χ2n) is 10.3. The number of hydrogen-bond donors (Lipinski definition) is 1. The number of amides is 1. The summed E-state index contributed by atoms with van der Waals surface area (Å²) in [6.07, 6.45) is 4.89. The molecule has 1 heterocycles. The molecule has 0 saturated carbocycles. The van der Waals surface area contributed by atoms with Crippen LogP contribution in [-0.4, -0.2) is 136 Å². The Labute approximate surface area is 280 Å². The first-order chi connectivity index (χ1) is 23.0. The van der Waals surface area contributed by atoms with E-state index in [2.05, 4.69) is 16.9 Å². The predicted octanol–water partition coefficient (Wildman–Crippen LogP) is 2.95. The second kappa shape index (κ2) is 32.1. The smallest absolute Gasteiger partial charge is 0.308 e. The van der Waals surface area contributed by atoms with E-state index >= 15 is 0 Å². The SMILES string of the molecule is C=Cc1cc(C)nc(CCC(=O)NCCOCCOCCOCCOCCOCCOCCOCCOCCC(=O)OCCCC)c1. The van der Waals surface area contributed by atoms with Crippen molar-refractivity contribution >= 4 is 18.0 Å². The summed E-state index contributed by atoms with van der Waals surface area (Å²) < 4.78 is 48.7. The van der Waals surface area contributed by atoms with Gasteiger partial charge in [0.15, 0.2) is 0 Å². The van der Waals surface area contributed by atoms with Crippen LogP contribution in [0.1, 0.15) is 49.6 Å². The van der Waals surface area contributed by atoms with Gasteiger partial charge in [-0.05, 0) is 37.5 Å². The van der Waals surface area contributed by atoms with E-state index in [9.17, 15) is 9.59 Å². The zero-order chi connectivity index (χ0) is 34.0. The van der Waals surface area contributed by atoms with Crippen molar-refractivity contribution in [1.29, 1.82) is 0 Å². The Morgan fingerprint density at radius 2 is 1.15 bits per heavy atom. The summed E-state index contributed by atoms with van der Waals surface area (Å²) in [4.78, 5) is 27.9. The first-order valence-electron chi connectivity index (χ1n) is 16.7. The minimum Gasteiger partial charge on any atom is -0.466 e. The number of aryl methyl sites for hydroxylation is 2. The van der Waals surface area contributed by atoms with Crippen molar-refractivity contribution in [3.63, 3.8) is 0 Å². The number of hydrogen-bond acceptors (Lipinski definition) is 12. The second-order valence-corrected chi connectivity index (χ2v) is 10.3. The van der Waals surface area contributed by atoms with E-state index in [1.165, 1.54) is 0 Å². The van der Waals surface area contributed by atoms with Crippen LogP contribution in [-0.2, 0) is 58.6 Å². The summed E-state index contributed by atoms with van der Waals surface area (Å²) >= 11 is 0. The maximum atomic E-state index is 12.0. The predicted molar refractivity (Wildman–Crippen MR) is 177 cm³/mol. The normalized spacial score (nSPS) is 11.1. The molecule has 13 nitrogen and oxygen atoms in total. The van der Waals surface area contributed by atoms with E-state index in [0.717, 1.165) is 29.8 Å². The molecule has 0 atom stereocenters. The highest BCUT2D eigenvalue weighted by Crippen LogP contribution is 2.08. The van der Waals surface area contributed by atoms with Gasteiger partial charge in [0.05, 0.1) is 119 Å². The van der Waals surface area contributed by atoms with E-state index in [4.69, 9.17) is 42.6 Å². The van der Waals surface area contributed by atoms with Gasteiger partial charge in [-0.25, -0.2) is 0 Å². The number of nitrogens with one attached hydrogen (secondary N) is 1. The molecule has 1 aromatic rings. The molecule has 0 radical (unpaired) electrons. The van der Waals surface area contributed by atoms with Crippen LogP contribution in [0.2, 0.25) is 0 Å². The minimum atomic E-state index is -0.226. The maximum Gasteiger partial charge on any atom is 0.308 e. The average molecular weight is 671 g/mol. The van der Waals surface area contributed by atoms with E-state index in [1.54, 1.807) is 6.08 Å². The lowest BCUT2D eigenvalue weighted by Crippen LogP contribution is -2.28. The van der Waals surface area contributed by atoms with Crippen LogP contribution >= 0.6 is 0 Å². The Bertz CT molecular complexity index is 920. The molecule has 0 saturated heterocycles. The van der Waals surface area contributed by atoms with Gasteiger partial charge in [-0.2, -0.15) is 0 Å². The molecule has 0 aromatic carbocycles. The van der Waals surface area contributed by atoms with Crippen molar-refractivity contribution in [2.24, 2.45) is 0 Å². The summed E-state index contributed by atoms with van der Waals surface area (Å²) in [5.74, 6) is -0.253. The van der Waals surface area contributed by atoms with Crippen LogP contribution in [0.3, 0.4) is 0 Å². The molecule has 0 fully saturated rings. The Morgan fingerprint density at radius 3 is 1.62 bits per heavy atom. The van der Waals surface area contributed by atoms with E-state index in [0.29, 0.717) is 132 Å². The first kappa shape index (κ1) is 42.5. The van der Waals surface area contributed by atoms with Crippen LogP contribution in [0, 0.1) is 6.92 Å². The number of rotatable bonds is 34. The van der Waals surface area contributed by atoms with Gasteiger partial charge in [-0.3, -0.25) is 14.6 Å². The molecular formula is C34H58N2O11. The molecule has 1 amide bonds. The molecule has 47 heavy (non-hydrogen) atoms. The maximum absolute atomic E-state index is 12.0. The molecule has 1 aromatic heterocycles. The molecule has 13 heteroatoms. The third-order valence-corrected chi connectivity index (χ3v) is 6.26. The monoisotopic (exact) mass is 670 g/mol. The zero-order valence-electron chi connectivity index (χ0n) is 28.6. The lowest BCUT2D eigenvalue weighted by Gasteiger charge is -2.09. The van der Waals surface area contributed by atoms with Gasteiger partial charge in [0.25, 0.3) is 0 Å². The number of aromatic nitrogens is 1. The summed E-state index contributed by atoms with van der Waals surface area (Å²) in [5.41, 5.74) is 2.81. The molecule has 270 valence electrons. The topological polar surface area (TPSA) is 142 Å².